The van der Waals surface area contributed by atoms with Gasteiger partial charge in [0.2, 0.25) is 5.13 Å². The number of halogens is 4. The minimum absolute atomic E-state index is 0.00138. The highest BCUT2D eigenvalue weighted by Gasteiger charge is 2.16. The minimum atomic E-state index is -1.44. The van der Waals surface area contributed by atoms with Gasteiger partial charge < -0.3 is 4.74 Å². The Balaban J connectivity index is 2.04. The van der Waals surface area contributed by atoms with Gasteiger partial charge >= 0.3 is 5.97 Å². The van der Waals surface area contributed by atoms with Crippen LogP contribution in [0.4, 0.5) is 18.3 Å². The Morgan fingerprint density at radius 2 is 2.21 bits per heavy atom. The summed E-state index contributed by atoms with van der Waals surface area (Å²) in [5, 5.41) is 4.85. The van der Waals surface area contributed by atoms with E-state index in [1.165, 1.54) is 0 Å². The molecule has 0 spiro atoms. The van der Waals surface area contributed by atoms with Crippen LogP contribution in [0.3, 0.4) is 0 Å². The molecule has 1 heterocycles. The molecule has 1 N–H and O–H groups in total. The maximum atomic E-state index is 13.6. The Hall–Kier alpha value is -2.13. The maximum Gasteiger partial charge on any atom is 0.311 e. The molecule has 5 nitrogen and oxygen atoms in total. The Labute approximate surface area is 144 Å². The number of thiazole rings is 1. The Morgan fingerprint density at radius 3 is 2.92 bits per heavy atom. The summed E-state index contributed by atoms with van der Waals surface area (Å²) in [5.74, 6) is -4.26. The summed E-state index contributed by atoms with van der Waals surface area (Å²) < 4.78 is 45.2. The normalized spacial score (nSPS) is 11.0. The molecule has 0 saturated heterocycles. The van der Waals surface area contributed by atoms with Crippen LogP contribution in [0.15, 0.2) is 16.5 Å². The summed E-state index contributed by atoms with van der Waals surface area (Å²) in [5.41, 5.74) is 2.23. The highest BCUT2D eigenvalue weighted by molar-refractivity contribution is 7.13. The molecule has 0 unspecified atom stereocenters. The number of ether oxygens (including phenoxy) is 1. The van der Waals surface area contributed by atoms with Crippen molar-refractivity contribution in [3.8, 4) is 0 Å². The van der Waals surface area contributed by atoms with E-state index in [4.69, 9.17) is 16.3 Å². The van der Waals surface area contributed by atoms with Crippen molar-refractivity contribution in [1.82, 2.24) is 4.98 Å². The van der Waals surface area contributed by atoms with Crippen molar-refractivity contribution < 1.29 is 22.7 Å². The summed E-state index contributed by atoms with van der Waals surface area (Å²) in [4.78, 5) is 15.4. The second kappa shape index (κ2) is 8.11. The minimum Gasteiger partial charge on any atom is -0.466 e. The second-order valence-electron chi connectivity index (χ2n) is 4.38. The molecule has 0 saturated carbocycles. The number of nitrogens with zero attached hydrogens (tertiary/aromatic N) is 2. The van der Waals surface area contributed by atoms with Gasteiger partial charge in [-0.3, -0.25) is 10.2 Å². The first-order valence-electron chi connectivity index (χ1n) is 6.64. The Morgan fingerprint density at radius 1 is 1.46 bits per heavy atom. The zero-order valence-corrected chi connectivity index (χ0v) is 13.8. The van der Waals surface area contributed by atoms with Crippen LogP contribution in [0.5, 0.6) is 0 Å². The quantitative estimate of drug-likeness (QED) is 0.274. The lowest BCUT2D eigenvalue weighted by Gasteiger charge is -2.02. The SMILES string of the molecule is CCOC(=O)Cc1csc(NN=Cc2c(F)cc(Cl)c(F)c2F)n1. The second-order valence-corrected chi connectivity index (χ2v) is 5.64. The molecule has 0 amide bonds. The largest absolute Gasteiger partial charge is 0.466 e. The number of anilines is 1. The number of rotatable bonds is 6. The fourth-order valence-corrected chi connectivity index (χ4v) is 2.49. The zero-order valence-electron chi connectivity index (χ0n) is 12.3. The highest BCUT2D eigenvalue weighted by atomic mass is 35.5. The monoisotopic (exact) mass is 377 g/mol. The van der Waals surface area contributed by atoms with Crippen LogP contribution < -0.4 is 5.43 Å². The van der Waals surface area contributed by atoms with Crippen LogP contribution in [-0.2, 0) is 16.0 Å². The molecule has 0 bridgehead atoms. The third-order valence-electron chi connectivity index (χ3n) is 2.69. The van der Waals surface area contributed by atoms with Crippen LogP contribution >= 0.6 is 22.9 Å². The molecule has 2 rings (SSSR count). The number of esters is 1. The highest BCUT2D eigenvalue weighted by Crippen LogP contribution is 2.22. The van der Waals surface area contributed by atoms with E-state index >= 15 is 0 Å². The molecular formula is C14H11ClF3N3O2S. The molecule has 2 aromatic rings. The first-order chi connectivity index (χ1) is 11.4. The molecule has 0 radical (unpaired) electrons. The van der Waals surface area contributed by atoms with Crippen molar-refractivity contribution in [2.75, 3.05) is 12.0 Å². The van der Waals surface area contributed by atoms with Gasteiger partial charge in [0.15, 0.2) is 11.6 Å². The predicted molar refractivity (Wildman–Crippen MR) is 85.0 cm³/mol. The van der Waals surface area contributed by atoms with Crippen molar-refractivity contribution in [1.29, 1.82) is 0 Å². The van der Waals surface area contributed by atoms with Gasteiger partial charge in [0.1, 0.15) is 5.82 Å². The summed E-state index contributed by atoms with van der Waals surface area (Å²) in [7, 11) is 0. The van der Waals surface area contributed by atoms with E-state index in [1.807, 2.05) is 0 Å². The van der Waals surface area contributed by atoms with E-state index in [9.17, 15) is 18.0 Å². The number of hydrogen-bond acceptors (Lipinski definition) is 6. The van der Waals surface area contributed by atoms with Gasteiger partial charge in [-0.1, -0.05) is 11.6 Å². The molecular weight excluding hydrogens is 367 g/mol. The molecule has 0 aliphatic rings. The molecule has 128 valence electrons. The average molecular weight is 378 g/mol. The molecule has 24 heavy (non-hydrogen) atoms. The fourth-order valence-electron chi connectivity index (χ4n) is 1.65. The number of hydrazone groups is 1. The van der Waals surface area contributed by atoms with Gasteiger partial charge in [-0.05, 0) is 13.0 Å². The zero-order chi connectivity index (χ0) is 17.7. The van der Waals surface area contributed by atoms with Gasteiger partial charge in [0.25, 0.3) is 0 Å². The van der Waals surface area contributed by atoms with Gasteiger partial charge in [-0.25, -0.2) is 18.2 Å². The van der Waals surface area contributed by atoms with Gasteiger partial charge in [0, 0.05) is 5.38 Å². The molecule has 0 fully saturated rings. The molecule has 1 aromatic heterocycles. The van der Waals surface area contributed by atoms with Crippen molar-refractivity contribution in [2.24, 2.45) is 5.10 Å². The van der Waals surface area contributed by atoms with Gasteiger partial charge in [0.05, 0.1) is 35.5 Å². The smallest absolute Gasteiger partial charge is 0.311 e. The topological polar surface area (TPSA) is 63.6 Å². The van der Waals surface area contributed by atoms with Crippen molar-refractivity contribution in [3.05, 3.63) is 45.2 Å². The number of hydrogen-bond donors (Lipinski definition) is 1. The van der Waals surface area contributed by atoms with Crippen LogP contribution in [0.1, 0.15) is 18.2 Å². The third-order valence-corrected chi connectivity index (χ3v) is 3.76. The molecule has 0 aliphatic heterocycles. The summed E-state index contributed by atoms with van der Waals surface area (Å²) in [6.07, 6.45) is 0.776. The summed E-state index contributed by atoms with van der Waals surface area (Å²) in [6, 6.07) is 0.655. The van der Waals surface area contributed by atoms with E-state index in [1.54, 1.807) is 12.3 Å². The first-order valence-corrected chi connectivity index (χ1v) is 7.90. The number of nitrogens with one attached hydrogen (secondary N) is 1. The standard InChI is InChI=1S/C14H11ClF3N3O2S/c1-2-23-11(22)3-7-6-24-14(20-7)21-19-5-8-10(16)4-9(15)13(18)12(8)17/h4-6H,2-3H2,1H3,(H,20,21). The maximum absolute atomic E-state index is 13.6. The number of carbonyl (C=O) groups excluding carboxylic acids is 1. The van der Waals surface area contributed by atoms with Crippen LogP contribution in [0, 0.1) is 17.5 Å². The molecule has 0 aliphatic carbocycles. The van der Waals surface area contributed by atoms with Crippen LogP contribution in [-0.4, -0.2) is 23.8 Å². The first kappa shape index (κ1) is 18.2. The van der Waals surface area contributed by atoms with E-state index in [2.05, 4.69) is 15.5 Å². The van der Waals surface area contributed by atoms with Crippen LogP contribution in [0.25, 0.3) is 0 Å². The Kier molecular flexibility index (Phi) is 6.16. The summed E-state index contributed by atoms with van der Waals surface area (Å²) >= 11 is 6.46. The lowest BCUT2D eigenvalue weighted by molar-refractivity contribution is -0.142. The van der Waals surface area contributed by atoms with E-state index in [0.717, 1.165) is 17.6 Å². The van der Waals surface area contributed by atoms with Crippen molar-refractivity contribution in [2.45, 2.75) is 13.3 Å². The van der Waals surface area contributed by atoms with Crippen molar-refractivity contribution >= 4 is 40.3 Å². The lowest BCUT2D eigenvalue weighted by Crippen LogP contribution is -2.07. The van der Waals surface area contributed by atoms with E-state index in [-0.39, 0.29) is 13.0 Å². The van der Waals surface area contributed by atoms with Crippen molar-refractivity contribution in [3.63, 3.8) is 0 Å². The number of carbonyl (C=O) groups is 1. The number of benzene rings is 1. The number of aromatic nitrogens is 1. The lowest BCUT2D eigenvalue weighted by atomic mass is 10.2. The van der Waals surface area contributed by atoms with Gasteiger partial charge in [-0.2, -0.15) is 5.10 Å². The Bertz CT molecular complexity index is 783. The van der Waals surface area contributed by atoms with Gasteiger partial charge in [-0.15, -0.1) is 11.3 Å². The molecule has 1 aromatic carbocycles. The average Bonchev–Trinajstić information content (AvgIpc) is 2.96. The fraction of sp³-hybridized carbons (Fsp3) is 0.214. The summed E-state index contributed by atoms with van der Waals surface area (Å²) in [6.45, 7) is 1.96. The van der Waals surface area contributed by atoms with E-state index in [0.29, 0.717) is 16.9 Å². The molecule has 10 heteroatoms. The third kappa shape index (κ3) is 4.45. The molecule has 0 atom stereocenters. The predicted octanol–water partition coefficient (Wildman–Crippen LogP) is 3.77. The van der Waals surface area contributed by atoms with Crippen LogP contribution in [0.2, 0.25) is 5.02 Å². The van der Waals surface area contributed by atoms with E-state index < -0.39 is 34.0 Å².